The molecule has 1 fully saturated rings. The molecule has 1 aliphatic carbocycles. The van der Waals surface area contributed by atoms with Crippen molar-refractivity contribution in [1.82, 2.24) is 8.87 Å². The number of carbonyl (C=O) groups excluding carboxylic acids is 1. The van der Waals surface area contributed by atoms with Gasteiger partial charge in [0.1, 0.15) is 5.78 Å². The molecular weight excluding hydrogens is 372 g/mol. The molecule has 0 bridgehead atoms. The normalized spacial score (nSPS) is 24.4. The summed E-state index contributed by atoms with van der Waals surface area (Å²) in [5.41, 5.74) is 2.85. The van der Waals surface area contributed by atoms with E-state index < -0.39 is 10.0 Å². The molecule has 2 aliphatic rings. The molecule has 3 unspecified atom stereocenters. The zero-order chi connectivity index (χ0) is 19.6. The first-order valence-electron chi connectivity index (χ1n) is 9.54. The van der Waals surface area contributed by atoms with Crippen LogP contribution in [0.4, 0.5) is 0 Å². The zero-order valence-corrected chi connectivity index (χ0v) is 16.7. The van der Waals surface area contributed by atoms with Crippen molar-refractivity contribution in [2.75, 3.05) is 13.6 Å². The Kier molecular flexibility index (Phi) is 3.80. The summed E-state index contributed by atoms with van der Waals surface area (Å²) in [5.74, 6) is 0.285. The maximum Gasteiger partial charge on any atom is 0.268 e. The molecule has 1 aromatic heterocycles. The van der Waals surface area contributed by atoms with Crippen molar-refractivity contribution in [3.8, 4) is 0 Å². The van der Waals surface area contributed by atoms with Gasteiger partial charge in [0.15, 0.2) is 0 Å². The van der Waals surface area contributed by atoms with E-state index in [1.807, 2.05) is 18.2 Å². The van der Waals surface area contributed by atoms with Crippen LogP contribution in [0.2, 0.25) is 0 Å². The summed E-state index contributed by atoms with van der Waals surface area (Å²) in [4.78, 5) is 14.8. The summed E-state index contributed by atoms with van der Waals surface area (Å²) in [6, 6.07) is 14.6. The number of likely N-dealkylation sites (tertiary alicyclic amines) is 1. The van der Waals surface area contributed by atoms with Crippen molar-refractivity contribution in [1.29, 1.82) is 0 Å². The van der Waals surface area contributed by atoms with Gasteiger partial charge >= 0.3 is 0 Å². The van der Waals surface area contributed by atoms with Crippen molar-refractivity contribution in [2.24, 2.45) is 5.92 Å². The average molecular weight is 394 g/mol. The highest BCUT2D eigenvalue weighted by atomic mass is 32.2. The van der Waals surface area contributed by atoms with Crippen LogP contribution in [0.15, 0.2) is 59.6 Å². The van der Waals surface area contributed by atoms with Crippen LogP contribution < -0.4 is 0 Å². The number of ketones is 1. The summed E-state index contributed by atoms with van der Waals surface area (Å²) < 4.78 is 28.0. The number of nitrogens with zero attached hydrogens (tertiary/aromatic N) is 2. The summed E-state index contributed by atoms with van der Waals surface area (Å²) >= 11 is 0. The molecule has 2 heterocycles. The Morgan fingerprint density at radius 3 is 2.54 bits per heavy atom. The summed E-state index contributed by atoms with van der Waals surface area (Å²) in [7, 11) is -1.62. The van der Waals surface area contributed by atoms with Gasteiger partial charge in [0.05, 0.1) is 10.4 Å². The molecule has 0 radical (unpaired) electrons. The SMILES string of the molecule is CC(=O)C1CN(C)C2Cc3cn(S(=O)(=O)c4ccccc4)c4cccc(c34)C12. The quantitative estimate of drug-likeness (QED) is 0.685. The molecule has 1 saturated heterocycles. The van der Waals surface area contributed by atoms with Crippen molar-refractivity contribution in [3.05, 3.63) is 65.9 Å². The molecule has 0 spiro atoms. The third kappa shape index (κ3) is 2.34. The molecule has 0 amide bonds. The molecule has 6 heteroatoms. The fraction of sp³-hybridized carbons (Fsp3) is 0.318. The number of fused-ring (bicyclic) bond motifs is 2. The molecule has 3 aromatic rings. The van der Waals surface area contributed by atoms with Gasteiger partial charge in [0.2, 0.25) is 0 Å². The van der Waals surface area contributed by atoms with Gasteiger partial charge in [-0.2, -0.15) is 0 Å². The fourth-order valence-corrected chi connectivity index (χ4v) is 6.52. The van der Waals surface area contributed by atoms with Crippen LogP contribution in [-0.2, 0) is 21.2 Å². The molecule has 2 aromatic carbocycles. The molecule has 1 aliphatic heterocycles. The zero-order valence-electron chi connectivity index (χ0n) is 15.9. The maximum atomic E-state index is 13.3. The average Bonchev–Trinajstić information content (AvgIpc) is 3.23. The smallest absolute Gasteiger partial charge is 0.268 e. The van der Waals surface area contributed by atoms with Crippen LogP contribution in [0.25, 0.3) is 10.9 Å². The van der Waals surface area contributed by atoms with Crippen molar-refractivity contribution in [2.45, 2.75) is 30.2 Å². The van der Waals surface area contributed by atoms with Crippen LogP contribution in [0, 0.1) is 5.92 Å². The highest BCUT2D eigenvalue weighted by Gasteiger charge is 2.46. The number of aromatic nitrogens is 1. The largest absolute Gasteiger partial charge is 0.302 e. The van der Waals surface area contributed by atoms with Gasteiger partial charge in [-0.15, -0.1) is 0 Å². The first kappa shape index (κ1) is 17.6. The topological polar surface area (TPSA) is 59.4 Å². The predicted molar refractivity (Wildman–Crippen MR) is 108 cm³/mol. The van der Waals surface area contributed by atoms with Crippen LogP contribution in [0.1, 0.15) is 24.0 Å². The Bertz CT molecular complexity index is 1200. The van der Waals surface area contributed by atoms with E-state index >= 15 is 0 Å². The minimum atomic E-state index is -3.67. The second-order valence-electron chi connectivity index (χ2n) is 7.96. The van der Waals surface area contributed by atoms with E-state index in [1.54, 1.807) is 37.4 Å². The lowest BCUT2D eigenvalue weighted by atomic mass is 9.75. The first-order valence-corrected chi connectivity index (χ1v) is 11.0. The van der Waals surface area contributed by atoms with Crippen LogP contribution >= 0.6 is 0 Å². The number of likely N-dealkylation sites (N-methyl/N-ethyl adjacent to an activating group) is 1. The van der Waals surface area contributed by atoms with E-state index in [0.717, 1.165) is 29.5 Å². The standard InChI is InChI=1S/C22H22N2O3S/c1-14(25)18-13-23(2)20-11-15-12-24(28(26,27)16-7-4-3-5-8-16)19-10-6-9-17(21(15)19)22(18)20/h3-10,12,18,20,22H,11,13H2,1-2H3. The number of benzene rings is 2. The Hall–Kier alpha value is -2.44. The van der Waals surface area contributed by atoms with Crippen LogP contribution in [0.5, 0.6) is 0 Å². The van der Waals surface area contributed by atoms with Crippen molar-refractivity contribution >= 4 is 26.7 Å². The minimum Gasteiger partial charge on any atom is -0.302 e. The molecule has 0 N–H and O–H groups in total. The van der Waals surface area contributed by atoms with Gasteiger partial charge in [-0.25, -0.2) is 12.4 Å². The molecule has 5 rings (SSSR count). The first-order chi connectivity index (χ1) is 13.4. The fourth-order valence-electron chi connectivity index (χ4n) is 5.12. The molecule has 144 valence electrons. The highest BCUT2D eigenvalue weighted by Crippen LogP contribution is 2.47. The number of Topliss-reactive ketones (excluding diaryl/α,β-unsaturated/α-hetero) is 1. The predicted octanol–water partition coefficient (Wildman–Crippen LogP) is 3.04. The van der Waals surface area contributed by atoms with Crippen LogP contribution in [0.3, 0.4) is 0 Å². The minimum absolute atomic E-state index is 0.0390. The second-order valence-corrected chi connectivity index (χ2v) is 9.78. The highest BCUT2D eigenvalue weighted by molar-refractivity contribution is 7.90. The molecule has 28 heavy (non-hydrogen) atoms. The van der Waals surface area contributed by atoms with Gasteiger partial charge in [-0.3, -0.25) is 4.79 Å². The van der Waals surface area contributed by atoms with E-state index in [0.29, 0.717) is 5.52 Å². The third-order valence-corrected chi connectivity index (χ3v) is 8.10. The molecule has 3 atom stereocenters. The molecular formula is C22H22N2O3S. The van der Waals surface area contributed by atoms with Gasteiger partial charge in [-0.1, -0.05) is 30.3 Å². The summed E-state index contributed by atoms with van der Waals surface area (Å²) in [6.45, 7) is 2.43. The van der Waals surface area contributed by atoms with Crippen molar-refractivity contribution < 1.29 is 13.2 Å². The number of hydrogen-bond donors (Lipinski definition) is 0. The van der Waals surface area contributed by atoms with Gasteiger partial charge < -0.3 is 4.90 Å². The maximum absolute atomic E-state index is 13.3. The molecule has 5 nitrogen and oxygen atoms in total. The van der Waals surface area contributed by atoms with E-state index in [2.05, 4.69) is 18.0 Å². The van der Waals surface area contributed by atoms with E-state index in [4.69, 9.17) is 0 Å². The molecule has 0 saturated carbocycles. The number of rotatable bonds is 3. The summed E-state index contributed by atoms with van der Waals surface area (Å²) in [6.07, 6.45) is 2.54. The van der Waals surface area contributed by atoms with Gasteiger partial charge in [0, 0.05) is 36.0 Å². The van der Waals surface area contributed by atoms with Gasteiger partial charge in [0.25, 0.3) is 10.0 Å². The van der Waals surface area contributed by atoms with Crippen LogP contribution in [-0.4, -0.2) is 42.7 Å². The van der Waals surface area contributed by atoms with Gasteiger partial charge in [-0.05, 0) is 49.7 Å². The summed E-state index contributed by atoms with van der Waals surface area (Å²) in [5, 5.41) is 1.00. The van der Waals surface area contributed by atoms with Crippen molar-refractivity contribution in [3.63, 3.8) is 0 Å². The van der Waals surface area contributed by atoms with E-state index in [-0.39, 0.29) is 28.6 Å². The Morgan fingerprint density at radius 2 is 1.82 bits per heavy atom. The Balaban J connectivity index is 1.74. The lowest BCUT2D eigenvalue weighted by molar-refractivity contribution is -0.120. The lowest BCUT2D eigenvalue weighted by Crippen LogP contribution is -2.33. The second kappa shape index (κ2) is 6.03. The Labute approximate surface area is 164 Å². The Morgan fingerprint density at radius 1 is 1.07 bits per heavy atom. The number of hydrogen-bond acceptors (Lipinski definition) is 4. The van der Waals surface area contributed by atoms with E-state index in [1.165, 1.54) is 3.97 Å². The third-order valence-electron chi connectivity index (χ3n) is 6.42. The number of carbonyl (C=O) groups is 1. The lowest BCUT2D eigenvalue weighted by Gasteiger charge is -2.31. The van der Waals surface area contributed by atoms with E-state index in [9.17, 15) is 13.2 Å². The monoisotopic (exact) mass is 394 g/mol.